The number of rotatable bonds is 5. The van der Waals surface area contributed by atoms with Gasteiger partial charge >= 0.3 is 0 Å². The van der Waals surface area contributed by atoms with Crippen molar-refractivity contribution in [2.45, 2.75) is 45.3 Å². The summed E-state index contributed by atoms with van der Waals surface area (Å²) in [6, 6.07) is 11.5. The van der Waals surface area contributed by atoms with Crippen molar-refractivity contribution in [1.29, 1.82) is 0 Å². The molecule has 0 bridgehead atoms. The van der Waals surface area contributed by atoms with E-state index in [9.17, 15) is 9.59 Å². The molecule has 2 aromatic rings. The lowest BCUT2D eigenvalue weighted by molar-refractivity contribution is -0.136. The van der Waals surface area contributed by atoms with Crippen molar-refractivity contribution in [3.8, 4) is 0 Å². The fourth-order valence-electron chi connectivity index (χ4n) is 3.43. The predicted molar refractivity (Wildman–Crippen MR) is 102 cm³/mol. The summed E-state index contributed by atoms with van der Waals surface area (Å²) in [5.41, 5.74) is 1.96. The second kappa shape index (κ2) is 7.96. The third-order valence-electron chi connectivity index (χ3n) is 4.57. The molecule has 1 aromatic carbocycles. The number of halogens is 1. The summed E-state index contributed by atoms with van der Waals surface area (Å²) in [7, 11) is 0. The second-order valence-electron chi connectivity index (χ2n) is 6.86. The molecule has 5 nitrogen and oxygen atoms in total. The molecule has 0 saturated heterocycles. The number of nitrogens with one attached hydrogen (secondary N) is 1. The molecule has 1 aromatic heterocycles. The maximum Gasteiger partial charge on any atom is 0.223 e. The number of hydrogen-bond donors (Lipinski definition) is 1. The number of hydrogen-bond acceptors (Lipinski definition) is 2. The van der Waals surface area contributed by atoms with Gasteiger partial charge < -0.3 is 14.8 Å². The fourth-order valence-corrected chi connectivity index (χ4v) is 3.67. The highest BCUT2D eigenvalue weighted by molar-refractivity contribution is 6.31. The van der Waals surface area contributed by atoms with Gasteiger partial charge in [-0.1, -0.05) is 29.8 Å². The SMILES string of the molecule is CC(C)NC(=O)CCC(=O)N1CCn2cccc2[C@@H]1c1ccccc1Cl. The highest BCUT2D eigenvalue weighted by Gasteiger charge is 2.33. The van der Waals surface area contributed by atoms with Gasteiger partial charge in [0.1, 0.15) is 0 Å². The molecule has 0 aliphatic carbocycles. The Kier molecular flexibility index (Phi) is 5.67. The van der Waals surface area contributed by atoms with Crippen LogP contribution in [0.25, 0.3) is 0 Å². The minimum Gasteiger partial charge on any atom is -0.354 e. The fraction of sp³-hybridized carbons (Fsp3) is 0.400. The number of amides is 2. The lowest BCUT2D eigenvalue weighted by atomic mass is 9.99. The summed E-state index contributed by atoms with van der Waals surface area (Å²) >= 11 is 6.43. The third-order valence-corrected chi connectivity index (χ3v) is 4.92. The quantitative estimate of drug-likeness (QED) is 0.873. The van der Waals surface area contributed by atoms with E-state index >= 15 is 0 Å². The van der Waals surface area contributed by atoms with E-state index in [-0.39, 0.29) is 36.7 Å². The van der Waals surface area contributed by atoms with Crippen LogP contribution in [0.3, 0.4) is 0 Å². The van der Waals surface area contributed by atoms with Gasteiger partial charge in [-0.05, 0) is 37.6 Å². The van der Waals surface area contributed by atoms with E-state index < -0.39 is 0 Å². The molecule has 0 fully saturated rings. The molecule has 1 N–H and O–H groups in total. The number of carbonyl (C=O) groups is 2. The van der Waals surface area contributed by atoms with Gasteiger partial charge in [-0.3, -0.25) is 9.59 Å². The third kappa shape index (κ3) is 3.93. The Hall–Kier alpha value is -2.27. The van der Waals surface area contributed by atoms with Gasteiger partial charge in [-0.25, -0.2) is 0 Å². The van der Waals surface area contributed by atoms with Crippen LogP contribution in [0.2, 0.25) is 5.02 Å². The zero-order valence-electron chi connectivity index (χ0n) is 15.1. The molecule has 6 heteroatoms. The summed E-state index contributed by atoms with van der Waals surface area (Å²) in [6.07, 6.45) is 2.42. The second-order valence-corrected chi connectivity index (χ2v) is 7.27. The molecule has 0 unspecified atom stereocenters. The largest absolute Gasteiger partial charge is 0.354 e. The van der Waals surface area contributed by atoms with Gasteiger partial charge in [-0.2, -0.15) is 0 Å². The van der Waals surface area contributed by atoms with Gasteiger partial charge in [0.25, 0.3) is 0 Å². The molecular formula is C20H24ClN3O2. The Morgan fingerprint density at radius 3 is 2.65 bits per heavy atom. The summed E-state index contributed by atoms with van der Waals surface area (Å²) in [4.78, 5) is 26.7. The van der Waals surface area contributed by atoms with E-state index in [0.717, 1.165) is 17.8 Å². The van der Waals surface area contributed by atoms with Gasteiger partial charge in [0.2, 0.25) is 11.8 Å². The van der Waals surface area contributed by atoms with Crippen LogP contribution < -0.4 is 5.32 Å². The average Bonchev–Trinajstić information content (AvgIpc) is 3.07. The number of benzene rings is 1. The highest BCUT2D eigenvalue weighted by atomic mass is 35.5. The first-order valence-corrected chi connectivity index (χ1v) is 9.33. The summed E-state index contributed by atoms with van der Waals surface area (Å²) in [6.45, 7) is 5.16. The van der Waals surface area contributed by atoms with Crippen molar-refractivity contribution in [1.82, 2.24) is 14.8 Å². The van der Waals surface area contributed by atoms with Crippen LogP contribution in [0.5, 0.6) is 0 Å². The Labute approximate surface area is 158 Å². The van der Waals surface area contributed by atoms with Crippen LogP contribution in [0, 0.1) is 0 Å². The molecule has 0 spiro atoms. The molecule has 2 amide bonds. The Morgan fingerprint density at radius 2 is 1.92 bits per heavy atom. The Balaban J connectivity index is 1.82. The van der Waals surface area contributed by atoms with E-state index in [4.69, 9.17) is 11.6 Å². The first-order valence-electron chi connectivity index (χ1n) is 8.95. The zero-order valence-corrected chi connectivity index (χ0v) is 15.9. The normalized spacial score (nSPS) is 16.5. The van der Waals surface area contributed by atoms with Crippen molar-refractivity contribution in [2.75, 3.05) is 6.54 Å². The van der Waals surface area contributed by atoms with E-state index in [2.05, 4.69) is 9.88 Å². The van der Waals surface area contributed by atoms with E-state index in [1.165, 1.54) is 0 Å². The molecule has 0 radical (unpaired) electrons. The number of fused-ring (bicyclic) bond motifs is 1. The van der Waals surface area contributed by atoms with Crippen LogP contribution in [-0.2, 0) is 16.1 Å². The average molecular weight is 374 g/mol. The molecule has 1 atom stereocenters. The number of aromatic nitrogens is 1. The van der Waals surface area contributed by atoms with Crippen LogP contribution in [0.4, 0.5) is 0 Å². The van der Waals surface area contributed by atoms with Crippen molar-refractivity contribution >= 4 is 23.4 Å². The van der Waals surface area contributed by atoms with E-state index in [1.54, 1.807) is 0 Å². The van der Waals surface area contributed by atoms with Gasteiger partial charge in [0, 0.05) is 48.9 Å². The molecule has 138 valence electrons. The van der Waals surface area contributed by atoms with Gasteiger partial charge in [0.15, 0.2) is 0 Å². The molecule has 1 aliphatic heterocycles. The summed E-state index contributed by atoms with van der Waals surface area (Å²) < 4.78 is 2.16. The van der Waals surface area contributed by atoms with E-state index in [1.807, 2.05) is 61.3 Å². The maximum atomic E-state index is 12.9. The summed E-state index contributed by atoms with van der Waals surface area (Å²) in [5, 5.41) is 3.47. The van der Waals surface area contributed by atoms with E-state index in [0.29, 0.717) is 11.6 Å². The number of nitrogens with zero attached hydrogens (tertiary/aromatic N) is 2. The minimum atomic E-state index is -0.229. The molecular weight excluding hydrogens is 350 g/mol. The molecule has 0 saturated carbocycles. The standard InChI is InChI=1S/C20H24ClN3O2/c1-14(2)22-18(25)9-10-19(26)24-13-12-23-11-5-8-17(23)20(24)15-6-3-4-7-16(15)21/h3-8,11,14,20H,9-10,12-13H2,1-2H3,(H,22,25)/t20-/m0/s1. The van der Waals surface area contributed by atoms with Crippen molar-refractivity contribution in [3.63, 3.8) is 0 Å². The van der Waals surface area contributed by atoms with Crippen LogP contribution in [0.15, 0.2) is 42.6 Å². The highest BCUT2D eigenvalue weighted by Crippen LogP contribution is 2.36. The van der Waals surface area contributed by atoms with Crippen LogP contribution in [0.1, 0.15) is 44.0 Å². The predicted octanol–water partition coefficient (Wildman–Crippen LogP) is 3.38. The number of carbonyl (C=O) groups excluding carboxylic acids is 2. The zero-order chi connectivity index (χ0) is 18.7. The molecule has 2 heterocycles. The van der Waals surface area contributed by atoms with Gasteiger partial charge in [0.05, 0.1) is 6.04 Å². The topological polar surface area (TPSA) is 54.3 Å². The van der Waals surface area contributed by atoms with Crippen molar-refractivity contribution < 1.29 is 9.59 Å². The first kappa shape index (κ1) is 18.5. The first-order chi connectivity index (χ1) is 12.5. The minimum absolute atomic E-state index is 0.0266. The lowest BCUT2D eigenvalue weighted by Gasteiger charge is -2.37. The van der Waals surface area contributed by atoms with Crippen LogP contribution >= 0.6 is 11.6 Å². The Morgan fingerprint density at radius 1 is 1.15 bits per heavy atom. The Bertz CT molecular complexity index is 800. The van der Waals surface area contributed by atoms with Crippen molar-refractivity contribution in [2.24, 2.45) is 0 Å². The van der Waals surface area contributed by atoms with Crippen LogP contribution in [-0.4, -0.2) is 33.9 Å². The van der Waals surface area contributed by atoms with Gasteiger partial charge in [-0.15, -0.1) is 0 Å². The molecule has 26 heavy (non-hydrogen) atoms. The molecule has 1 aliphatic rings. The summed E-state index contributed by atoms with van der Waals surface area (Å²) in [5.74, 6) is -0.121. The monoisotopic (exact) mass is 373 g/mol. The molecule has 3 rings (SSSR count). The lowest BCUT2D eigenvalue weighted by Crippen LogP contribution is -2.43. The van der Waals surface area contributed by atoms with Crippen molar-refractivity contribution in [3.05, 3.63) is 58.9 Å². The smallest absolute Gasteiger partial charge is 0.223 e. The maximum absolute atomic E-state index is 12.9.